The van der Waals surface area contributed by atoms with Crippen LogP contribution in [-0.2, 0) is 27.6 Å². The van der Waals surface area contributed by atoms with Crippen LogP contribution >= 0.6 is 0 Å². The summed E-state index contributed by atoms with van der Waals surface area (Å²) < 4.78 is 20.9. The first kappa shape index (κ1) is 48.9. The van der Waals surface area contributed by atoms with Gasteiger partial charge in [-0.3, -0.25) is 9.78 Å². The molecule has 10 nitrogen and oxygen atoms in total. The number of hydrogen-bond acceptors (Lipinski definition) is 9. The fraction of sp³-hybridized carbons (Fsp3) is 0.574. The summed E-state index contributed by atoms with van der Waals surface area (Å²) in [6, 6.07) is 21.5. The first-order valence-electron chi connectivity index (χ1n) is 24.4. The van der Waals surface area contributed by atoms with Crippen LogP contribution in [0.2, 0.25) is 0 Å². The highest BCUT2D eigenvalue weighted by molar-refractivity contribution is 6.03. The van der Waals surface area contributed by atoms with Crippen molar-refractivity contribution in [3.63, 3.8) is 0 Å². The number of unbranched alkanes of at least 4 members (excludes halogenated alkanes) is 10. The third-order valence-corrected chi connectivity index (χ3v) is 13.6. The SMILES string of the molecule is C=CCO[C@@]12Oc3ccc(OCc4cccc(C)n4)cc3[C@H]3[C@H](CCCCO)[C@@H](CCCCO)C=C(C(=NOCc4ccccc4)C[C@@H]1N(C)C(=O)CCCCCCCCCCC)[C@H]32. The van der Waals surface area contributed by atoms with Gasteiger partial charge in [0.2, 0.25) is 11.7 Å². The van der Waals surface area contributed by atoms with Crippen molar-refractivity contribution in [2.75, 3.05) is 26.9 Å². The van der Waals surface area contributed by atoms with E-state index in [4.69, 9.17) is 24.2 Å². The lowest BCUT2D eigenvalue weighted by atomic mass is 9.55. The van der Waals surface area contributed by atoms with Crippen molar-refractivity contribution < 1.29 is 34.1 Å². The number of carbonyl (C=O) groups is 1. The molecule has 2 N–H and O–H groups in total. The fourth-order valence-corrected chi connectivity index (χ4v) is 10.4. The van der Waals surface area contributed by atoms with Crippen LogP contribution in [0.3, 0.4) is 0 Å². The van der Waals surface area contributed by atoms with Crippen molar-refractivity contribution in [3.05, 3.63) is 114 Å². The Morgan fingerprint density at radius 3 is 2.36 bits per heavy atom. The molecule has 0 radical (unpaired) electrons. The summed E-state index contributed by atoms with van der Waals surface area (Å²) in [5.41, 5.74) is 5.64. The predicted octanol–water partition coefficient (Wildman–Crippen LogP) is 11.2. The van der Waals surface area contributed by atoms with Crippen molar-refractivity contribution in [2.45, 2.75) is 154 Å². The number of aryl methyl sites for hydroxylation is 1. The van der Waals surface area contributed by atoms with E-state index in [0.29, 0.717) is 50.4 Å². The Balaban J connectivity index is 1.42. The van der Waals surface area contributed by atoms with Gasteiger partial charge in [0.05, 0.1) is 23.9 Å². The third kappa shape index (κ3) is 12.6. The zero-order chi connectivity index (χ0) is 45.2. The summed E-state index contributed by atoms with van der Waals surface area (Å²) in [4.78, 5) is 27.3. The maximum absolute atomic E-state index is 14.5. The summed E-state index contributed by atoms with van der Waals surface area (Å²) in [5, 5.41) is 24.9. The Morgan fingerprint density at radius 2 is 1.64 bits per heavy atom. The van der Waals surface area contributed by atoms with Gasteiger partial charge in [-0.25, -0.2) is 0 Å². The number of amides is 1. The van der Waals surface area contributed by atoms with E-state index in [0.717, 1.165) is 78.7 Å². The van der Waals surface area contributed by atoms with E-state index in [1.54, 1.807) is 6.08 Å². The summed E-state index contributed by atoms with van der Waals surface area (Å²) in [6.45, 7) is 9.40. The number of likely N-dealkylation sites (N-methyl/N-ethyl adjacent to an activating group) is 1. The Morgan fingerprint density at radius 1 is 0.906 bits per heavy atom. The van der Waals surface area contributed by atoms with Gasteiger partial charge in [0.25, 0.3) is 0 Å². The molecule has 6 atom stereocenters. The molecule has 3 aromatic rings. The molecule has 1 aliphatic heterocycles. The molecule has 64 heavy (non-hydrogen) atoms. The number of hydrogen-bond donors (Lipinski definition) is 2. The van der Waals surface area contributed by atoms with Crippen LogP contribution in [0.5, 0.6) is 11.5 Å². The number of fused-ring (bicyclic) bond motifs is 2. The van der Waals surface area contributed by atoms with Crippen molar-refractivity contribution in [1.29, 1.82) is 0 Å². The lowest BCUT2D eigenvalue weighted by Gasteiger charge is -2.59. The van der Waals surface area contributed by atoms with Crippen LogP contribution in [0, 0.1) is 24.7 Å². The van der Waals surface area contributed by atoms with Crippen molar-refractivity contribution in [1.82, 2.24) is 9.88 Å². The maximum Gasteiger partial charge on any atom is 0.239 e. The second-order valence-corrected chi connectivity index (χ2v) is 18.2. The van der Waals surface area contributed by atoms with E-state index in [1.807, 2.05) is 79.5 Å². The first-order valence-corrected chi connectivity index (χ1v) is 24.4. The highest BCUT2D eigenvalue weighted by atomic mass is 16.7. The molecule has 0 unspecified atom stereocenters. The summed E-state index contributed by atoms with van der Waals surface area (Å²) in [5.74, 6) is -0.0474. The Labute approximate surface area is 383 Å². The molecule has 0 bridgehead atoms. The Kier molecular flexibility index (Phi) is 19.3. The highest BCUT2D eigenvalue weighted by Gasteiger charge is 2.65. The first-order chi connectivity index (χ1) is 31.3. The van der Waals surface area contributed by atoms with Crippen LogP contribution < -0.4 is 9.47 Å². The smallest absolute Gasteiger partial charge is 0.239 e. The van der Waals surface area contributed by atoms with Crippen molar-refractivity contribution >= 4 is 11.6 Å². The van der Waals surface area contributed by atoms with E-state index < -0.39 is 11.8 Å². The molecular weight excluding hydrogens is 803 g/mol. The number of pyridine rings is 1. The maximum atomic E-state index is 14.5. The van der Waals surface area contributed by atoms with E-state index in [1.165, 1.54) is 38.5 Å². The van der Waals surface area contributed by atoms with E-state index in [9.17, 15) is 15.0 Å². The van der Waals surface area contributed by atoms with E-state index in [-0.39, 0.29) is 49.4 Å². The van der Waals surface area contributed by atoms with Crippen LogP contribution in [0.15, 0.2) is 96.2 Å². The summed E-state index contributed by atoms with van der Waals surface area (Å²) in [7, 11) is 1.90. The monoisotopic (exact) mass is 878 g/mol. The number of oxime groups is 1. The molecule has 1 saturated carbocycles. The Bertz CT molecular complexity index is 1970. The van der Waals surface area contributed by atoms with Gasteiger partial charge >= 0.3 is 0 Å². The molecule has 2 aliphatic carbocycles. The summed E-state index contributed by atoms with van der Waals surface area (Å²) >= 11 is 0. The number of ether oxygens (including phenoxy) is 3. The zero-order valence-electron chi connectivity index (χ0n) is 38.9. The number of allylic oxidation sites excluding steroid dienone is 1. The van der Waals surface area contributed by atoms with Gasteiger partial charge in [-0.2, -0.15) is 0 Å². The molecule has 1 aromatic heterocycles. The standard InChI is InChI=1S/C54H75N3O7/c1-5-7-8-9-10-11-12-13-17-29-51(60)57(4)50-37-48(56-63-38-41-24-15-14-16-25-41)46-35-42(26-18-20-32-58)45(28-19-21-33-59)52-47-36-44(61-39-43-27-22-23-40(3)55-43)30-31-49(47)64-54(50,53(46)52)62-34-6-2/h6,14-16,22-25,27,30-31,35-36,42,45,50,52-53,58-59H,2,5,7-13,17-21,26,28-29,32-34,37-39H2,1,3-4H3/t42-,45+,50-,52+,53+,54+/m0/s1. The molecule has 0 spiro atoms. The molecule has 0 saturated heterocycles. The second-order valence-electron chi connectivity index (χ2n) is 18.2. The zero-order valence-corrected chi connectivity index (χ0v) is 38.9. The lowest BCUT2D eigenvalue weighted by Crippen LogP contribution is -2.69. The number of aliphatic hydroxyl groups is 2. The average molecular weight is 878 g/mol. The van der Waals surface area contributed by atoms with Crippen LogP contribution in [0.1, 0.15) is 145 Å². The van der Waals surface area contributed by atoms with Gasteiger partial charge < -0.3 is 34.2 Å². The van der Waals surface area contributed by atoms with Crippen LogP contribution in [0.25, 0.3) is 0 Å². The van der Waals surface area contributed by atoms with Crippen LogP contribution in [0.4, 0.5) is 0 Å². The van der Waals surface area contributed by atoms with Gasteiger partial charge in [0, 0.05) is 50.3 Å². The quantitative estimate of drug-likeness (QED) is 0.0420. The normalized spacial score (nSPS) is 22.8. The molecule has 348 valence electrons. The molecule has 2 aromatic carbocycles. The molecule has 3 aliphatic rings. The number of aliphatic hydroxyl groups excluding tert-OH is 2. The van der Waals surface area contributed by atoms with Crippen molar-refractivity contribution in [2.24, 2.45) is 22.9 Å². The van der Waals surface area contributed by atoms with Gasteiger partial charge in [0.1, 0.15) is 30.8 Å². The number of benzene rings is 2. The van der Waals surface area contributed by atoms with E-state index in [2.05, 4.69) is 30.6 Å². The number of rotatable bonds is 28. The van der Waals surface area contributed by atoms with Crippen LogP contribution in [-0.4, -0.2) is 70.4 Å². The molecule has 10 heteroatoms. The Hall–Kier alpha value is -4.51. The van der Waals surface area contributed by atoms with Crippen molar-refractivity contribution in [3.8, 4) is 11.5 Å². The molecule has 2 heterocycles. The van der Waals surface area contributed by atoms with Gasteiger partial charge in [-0.05, 0) is 92.3 Å². The van der Waals surface area contributed by atoms with Gasteiger partial charge in [0.15, 0.2) is 0 Å². The number of aromatic nitrogens is 1. The molecule has 1 amide bonds. The highest BCUT2D eigenvalue weighted by Crippen LogP contribution is 2.62. The van der Waals surface area contributed by atoms with Gasteiger partial charge in [-0.1, -0.05) is 125 Å². The summed E-state index contributed by atoms with van der Waals surface area (Å²) in [6.07, 6.45) is 20.4. The van der Waals surface area contributed by atoms with E-state index >= 15 is 0 Å². The minimum absolute atomic E-state index is 0.0585. The third-order valence-electron chi connectivity index (χ3n) is 13.6. The average Bonchev–Trinajstić information content (AvgIpc) is 3.31. The van der Waals surface area contributed by atoms with Gasteiger partial charge in [-0.15, -0.1) is 6.58 Å². The number of nitrogens with zero attached hydrogens (tertiary/aromatic N) is 3. The second kappa shape index (κ2) is 25.3. The predicted molar refractivity (Wildman–Crippen MR) is 254 cm³/mol. The minimum Gasteiger partial charge on any atom is -0.487 e. The fourth-order valence-electron chi connectivity index (χ4n) is 10.4. The number of carbonyl (C=O) groups excluding carboxylic acids is 1. The largest absolute Gasteiger partial charge is 0.487 e. The lowest BCUT2D eigenvalue weighted by molar-refractivity contribution is -0.255. The molecule has 1 fully saturated rings. The minimum atomic E-state index is -1.28. The molecule has 6 rings (SSSR count). The molecular formula is C54H75N3O7. The topological polar surface area (TPSA) is 123 Å².